The molecule has 228 valence electrons. The molecule has 8 heteroatoms. The van der Waals surface area contributed by atoms with Crippen LogP contribution in [0.15, 0.2) is 103 Å². The van der Waals surface area contributed by atoms with Crippen LogP contribution in [0.4, 0.5) is 11.4 Å². The van der Waals surface area contributed by atoms with Gasteiger partial charge in [-0.2, -0.15) is 0 Å². The van der Waals surface area contributed by atoms with Gasteiger partial charge in [0.2, 0.25) is 5.91 Å². The summed E-state index contributed by atoms with van der Waals surface area (Å²) in [6, 6.07) is 29.4. The average molecular weight is 595 g/mol. The SMILES string of the molecule is COc1cccc(N(CCOc2ccc(CC(Nc3ccccc3C(=O)c3ccccc3)C(=O)O)cc2)C(=O)C(C)(C)C)c1. The van der Waals surface area contributed by atoms with Gasteiger partial charge in [0.15, 0.2) is 5.78 Å². The average Bonchev–Trinajstić information content (AvgIpc) is 3.03. The van der Waals surface area contributed by atoms with Gasteiger partial charge in [0.25, 0.3) is 0 Å². The molecule has 1 atom stereocenters. The van der Waals surface area contributed by atoms with Crippen LogP contribution in [-0.2, 0) is 16.0 Å². The number of nitrogens with zero attached hydrogens (tertiary/aromatic N) is 1. The zero-order chi connectivity index (χ0) is 31.7. The Morgan fingerprint density at radius 3 is 2.18 bits per heavy atom. The molecule has 2 N–H and O–H groups in total. The van der Waals surface area contributed by atoms with Crippen molar-refractivity contribution in [3.63, 3.8) is 0 Å². The van der Waals surface area contributed by atoms with Gasteiger partial charge in [-0.1, -0.05) is 81.4 Å². The van der Waals surface area contributed by atoms with E-state index in [1.807, 2.05) is 63.2 Å². The fourth-order valence-corrected chi connectivity index (χ4v) is 4.68. The summed E-state index contributed by atoms with van der Waals surface area (Å²) in [5.74, 6) is -0.00163. The summed E-state index contributed by atoms with van der Waals surface area (Å²) in [7, 11) is 1.59. The third-order valence-electron chi connectivity index (χ3n) is 7.03. The highest BCUT2D eigenvalue weighted by atomic mass is 16.5. The van der Waals surface area contributed by atoms with Crippen molar-refractivity contribution in [3.05, 3.63) is 120 Å². The van der Waals surface area contributed by atoms with Gasteiger partial charge in [0, 0.05) is 40.4 Å². The largest absolute Gasteiger partial charge is 0.497 e. The predicted molar refractivity (Wildman–Crippen MR) is 172 cm³/mol. The fourth-order valence-electron chi connectivity index (χ4n) is 4.68. The third-order valence-corrected chi connectivity index (χ3v) is 7.03. The molecule has 4 aromatic carbocycles. The number of carboxylic acid groups (broad SMARTS) is 1. The maximum Gasteiger partial charge on any atom is 0.326 e. The lowest BCUT2D eigenvalue weighted by molar-refractivity contribution is -0.137. The van der Waals surface area contributed by atoms with Gasteiger partial charge < -0.3 is 24.8 Å². The topological polar surface area (TPSA) is 105 Å². The van der Waals surface area contributed by atoms with Gasteiger partial charge >= 0.3 is 5.97 Å². The zero-order valence-corrected chi connectivity index (χ0v) is 25.4. The number of carbonyl (C=O) groups excluding carboxylic acids is 2. The molecule has 8 nitrogen and oxygen atoms in total. The number of ether oxygens (including phenoxy) is 2. The number of carbonyl (C=O) groups is 3. The second kappa shape index (κ2) is 14.4. The zero-order valence-electron chi connectivity index (χ0n) is 25.4. The van der Waals surface area contributed by atoms with E-state index in [0.29, 0.717) is 34.9 Å². The van der Waals surface area contributed by atoms with Crippen molar-refractivity contribution >= 4 is 29.0 Å². The standard InChI is InChI=1S/C36H38N2O6/c1-36(2,3)35(42)38(27-13-10-14-29(24-27)43-4)21-22-44-28-19-17-25(18-20-28)23-32(34(40)41)37-31-16-9-8-15-30(31)33(39)26-11-6-5-7-12-26/h5-20,24,32,37H,21-23H2,1-4H3,(H,40,41). The van der Waals surface area contributed by atoms with Gasteiger partial charge in [0.1, 0.15) is 24.1 Å². The molecule has 1 unspecified atom stereocenters. The van der Waals surface area contributed by atoms with E-state index >= 15 is 0 Å². The van der Waals surface area contributed by atoms with Crippen molar-refractivity contribution in [2.75, 3.05) is 30.5 Å². The molecule has 0 spiro atoms. The molecule has 0 fully saturated rings. The van der Waals surface area contributed by atoms with Crippen LogP contribution in [0.1, 0.15) is 42.3 Å². The van der Waals surface area contributed by atoms with Crippen molar-refractivity contribution < 1.29 is 29.0 Å². The van der Waals surface area contributed by atoms with Gasteiger partial charge in [-0.05, 0) is 42.0 Å². The lowest BCUT2D eigenvalue weighted by Crippen LogP contribution is -2.41. The number of rotatable bonds is 13. The molecule has 0 aliphatic heterocycles. The Kier molecular flexibility index (Phi) is 10.4. The van der Waals surface area contributed by atoms with Crippen molar-refractivity contribution in [3.8, 4) is 11.5 Å². The molecule has 4 aromatic rings. The number of anilines is 2. The van der Waals surface area contributed by atoms with Crippen LogP contribution in [0, 0.1) is 5.41 Å². The van der Waals surface area contributed by atoms with E-state index in [9.17, 15) is 19.5 Å². The maximum atomic E-state index is 13.2. The van der Waals surface area contributed by atoms with E-state index in [-0.39, 0.29) is 24.7 Å². The Hall–Kier alpha value is -5.11. The number of ketones is 1. The van der Waals surface area contributed by atoms with E-state index < -0.39 is 17.4 Å². The van der Waals surface area contributed by atoms with E-state index in [1.165, 1.54) is 0 Å². The minimum Gasteiger partial charge on any atom is -0.497 e. The molecule has 0 aromatic heterocycles. The van der Waals surface area contributed by atoms with Gasteiger partial charge in [0.05, 0.1) is 13.7 Å². The number of hydrogen-bond donors (Lipinski definition) is 2. The maximum absolute atomic E-state index is 13.2. The molecule has 4 rings (SSSR count). The first kappa shape index (κ1) is 31.8. The van der Waals surface area contributed by atoms with Crippen LogP contribution >= 0.6 is 0 Å². The van der Waals surface area contributed by atoms with Crippen molar-refractivity contribution in [1.82, 2.24) is 0 Å². The lowest BCUT2D eigenvalue weighted by Gasteiger charge is -2.29. The van der Waals surface area contributed by atoms with Crippen molar-refractivity contribution in [2.45, 2.75) is 33.2 Å². The Labute approximate surface area is 258 Å². The van der Waals surface area contributed by atoms with Crippen molar-refractivity contribution in [2.24, 2.45) is 5.41 Å². The molecule has 0 saturated heterocycles. The smallest absolute Gasteiger partial charge is 0.326 e. The molecule has 0 saturated carbocycles. The molecule has 44 heavy (non-hydrogen) atoms. The highest BCUT2D eigenvalue weighted by Crippen LogP contribution is 2.27. The van der Waals surface area contributed by atoms with Crippen LogP contribution in [-0.4, -0.2) is 49.1 Å². The summed E-state index contributed by atoms with van der Waals surface area (Å²) in [6.45, 7) is 6.21. The fraction of sp³-hybridized carbons (Fsp3) is 0.250. The number of methoxy groups -OCH3 is 1. The van der Waals surface area contributed by atoms with Crippen LogP contribution in [0.5, 0.6) is 11.5 Å². The Morgan fingerprint density at radius 1 is 0.841 bits per heavy atom. The monoisotopic (exact) mass is 594 g/mol. The Morgan fingerprint density at radius 2 is 1.52 bits per heavy atom. The normalized spacial score (nSPS) is 11.7. The number of aliphatic carboxylic acids is 1. The van der Waals surface area contributed by atoms with E-state index in [2.05, 4.69) is 5.32 Å². The van der Waals surface area contributed by atoms with Crippen molar-refractivity contribution in [1.29, 1.82) is 0 Å². The summed E-state index contributed by atoms with van der Waals surface area (Å²) in [6.07, 6.45) is 0.188. The Balaban J connectivity index is 1.41. The molecule has 0 aliphatic rings. The second-order valence-electron chi connectivity index (χ2n) is 11.4. The lowest BCUT2D eigenvalue weighted by atomic mass is 9.94. The molecule has 0 radical (unpaired) electrons. The number of hydrogen-bond acceptors (Lipinski definition) is 6. The number of benzene rings is 4. The number of para-hydroxylation sites is 1. The predicted octanol–water partition coefficient (Wildman–Crippen LogP) is 6.49. The highest BCUT2D eigenvalue weighted by molar-refractivity contribution is 6.12. The molecule has 0 aliphatic carbocycles. The number of amides is 1. The second-order valence-corrected chi connectivity index (χ2v) is 11.4. The molecule has 0 heterocycles. The van der Waals surface area contributed by atoms with E-state index in [0.717, 1.165) is 11.3 Å². The minimum atomic E-state index is -1.03. The third kappa shape index (κ3) is 8.25. The van der Waals surface area contributed by atoms with Crippen LogP contribution in [0.3, 0.4) is 0 Å². The summed E-state index contributed by atoms with van der Waals surface area (Å²) in [4.78, 5) is 40.2. The van der Waals surface area contributed by atoms with Crippen LogP contribution in [0.2, 0.25) is 0 Å². The molecular formula is C36H38N2O6. The molecular weight excluding hydrogens is 556 g/mol. The summed E-state index contributed by atoms with van der Waals surface area (Å²) < 4.78 is 11.3. The molecule has 0 bridgehead atoms. The Bertz CT molecular complexity index is 1580. The van der Waals surface area contributed by atoms with Gasteiger partial charge in [-0.15, -0.1) is 0 Å². The van der Waals surface area contributed by atoms with Gasteiger partial charge in [-0.25, -0.2) is 4.79 Å². The highest BCUT2D eigenvalue weighted by Gasteiger charge is 2.28. The van der Waals surface area contributed by atoms with Crippen LogP contribution < -0.4 is 19.7 Å². The quantitative estimate of drug-likeness (QED) is 0.170. The van der Waals surface area contributed by atoms with E-state index in [4.69, 9.17) is 9.47 Å². The minimum absolute atomic E-state index is 0.0380. The van der Waals surface area contributed by atoms with Crippen LogP contribution in [0.25, 0.3) is 0 Å². The van der Waals surface area contributed by atoms with E-state index in [1.54, 1.807) is 72.7 Å². The summed E-state index contributed by atoms with van der Waals surface area (Å²) >= 11 is 0. The number of carboxylic acids is 1. The first-order chi connectivity index (χ1) is 21.1. The first-order valence-corrected chi connectivity index (χ1v) is 14.4. The summed E-state index contributed by atoms with van der Waals surface area (Å²) in [5, 5.41) is 13.0. The van der Waals surface area contributed by atoms with Gasteiger partial charge in [-0.3, -0.25) is 9.59 Å². The number of nitrogens with one attached hydrogen (secondary N) is 1. The molecule has 1 amide bonds. The first-order valence-electron chi connectivity index (χ1n) is 14.4. The summed E-state index contributed by atoms with van der Waals surface area (Å²) in [5.41, 5.74) is 2.31.